The number of aromatic nitrogens is 3. The molecule has 1 amide bonds. The van der Waals surface area contributed by atoms with E-state index in [-0.39, 0.29) is 17.8 Å². The Balaban J connectivity index is 1.65. The van der Waals surface area contributed by atoms with E-state index in [9.17, 15) is 9.18 Å². The van der Waals surface area contributed by atoms with E-state index in [1.54, 1.807) is 23.2 Å². The molecule has 0 unspecified atom stereocenters. The van der Waals surface area contributed by atoms with Crippen LogP contribution in [0.25, 0.3) is 11.3 Å². The zero-order valence-corrected chi connectivity index (χ0v) is 15.3. The summed E-state index contributed by atoms with van der Waals surface area (Å²) in [7, 11) is 0. The number of benzene rings is 1. The highest BCUT2D eigenvalue weighted by molar-refractivity contribution is 5.68. The highest BCUT2D eigenvalue weighted by atomic mass is 19.1. The van der Waals surface area contributed by atoms with Gasteiger partial charge < -0.3 is 9.64 Å². The molecule has 0 atom stereocenters. The maximum Gasteiger partial charge on any atom is 0.410 e. The number of rotatable bonds is 2. The van der Waals surface area contributed by atoms with Gasteiger partial charge in [0.05, 0.1) is 11.9 Å². The molecule has 7 heteroatoms. The number of ether oxygens (including phenoxy) is 1. The molecule has 3 rings (SSSR count). The minimum atomic E-state index is -0.496. The Morgan fingerprint density at radius 2 is 1.85 bits per heavy atom. The summed E-state index contributed by atoms with van der Waals surface area (Å²) in [4.78, 5) is 18.5. The Kier molecular flexibility index (Phi) is 5.15. The van der Waals surface area contributed by atoms with E-state index in [0.29, 0.717) is 24.6 Å². The highest BCUT2D eigenvalue weighted by Gasteiger charge is 2.28. The molecule has 1 fully saturated rings. The third-order valence-corrected chi connectivity index (χ3v) is 4.23. The summed E-state index contributed by atoms with van der Waals surface area (Å²) in [5.74, 6) is 0.516. The van der Waals surface area contributed by atoms with Crippen LogP contribution in [0.1, 0.15) is 45.4 Å². The second-order valence-corrected chi connectivity index (χ2v) is 7.45. The standard InChI is InChI=1S/C19H23FN4O2/c1-19(2,3)26-18(25)24-10-8-14(9-11-24)17-22-16(12-21-23-17)13-4-6-15(20)7-5-13/h4-7,12,14H,8-11H2,1-3H3. The first-order valence-corrected chi connectivity index (χ1v) is 8.75. The first-order valence-electron chi connectivity index (χ1n) is 8.75. The van der Waals surface area contributed by atoms with E-state index in [1.165, 1.54) is 12.1 Å². The fraction of sp³-hybridized carbons (Fsp3) is 0.474. The lowest BCUT2D eigenvalue weighted by molar-refractivity contribution is 0.0203. The quantitative estimate of drug-likeness (QED) is 0.817. The molecule has 138 valence electrons. The fourth-order valence-corrected chi connectivity index (χ4v) is 2.90. The second kappa shape index (κ2) is 7.35. The number of hydrogen-bond acceptors (Lipinski definition) is 5. The van der Waals surface area contributed by atoms with Crippen molar-refractivity contribution in [3.8, 4) is 11.3 Å². The molecule has 2 heterocycles. The molecule has 1 saturated heterocycles. The van der Waals surface area contributed by atoms with Crippen molar-refractivity contribution in [1.29, 1.82) is 0 Å². The lowest BCUT2D eigenvalue weighted by atomic mass is 9.96. The number of nitrogens with zero attached hydrogens (tertiary/aromatic N) is 4. The summed E-state index contributed by atoms with van der Waals surface area (Å²) in [5.41, 5.74) is 0.975. The summed E-state index contributed by atoms with van der Waals surface area (Å²) in [6.07, 6.45) is 2.81. The van der Waals surface area contributed by atoms with Crippen molar-refractivity contribution in [2.24, 2.45) is 0 Å². The SMILES string of the molecule is CC(C)(C)OC(=O)N1CCC(c2nncc(-c3ccc(F)cc3)n2)CC1. The largest absolute Gasteiger partial charge is 0.444 e. The summed E-state index contributed by atoms with van der Waals surface area (Å²) in [6.45, 7) is 6.78. The Morgan fingerprint density at radius 3 is 2.46 bits per heavy atom. The predicted octanol–water partition coefficient (Wildman–Crippen LogP) is 3.79. The van der Waals surface area contributed by atoms with Gasteiger partial charge in [0.2, 0.25) is 0 Å². The van der Waals surface area contributed by atoms with Gasteiger partial charge in [-0.05, 0) is 57.9 Å². The van der Waals surface area contributed by atoms with E-state index in [4.69, 9.17) is 4.74 Å². The van der Waals surface area contributed by atoms with E-state index in [2.05, 4.69) is 15.2 Å². The summed E-state index contributed by atoms with van der Waals surface area (Å²) in [5, 5.41) is 8.22. The van der Waals surface area contributed by atoms with Gasteiger partial charge in [0, 0.05) is 24.6 Å². The Labute approximate surface area is 152 Å². The lowest BCUT2D eigenvalue weighted by Gasteiger charge is -2.32. The van der Waals surface area contributed by atoms with Gasteiger partial charge in [-0.15, -0.1) is 5.10 Å². The van der Waals surface area contributed by atoms with Crippen LogP contribution < -0.4 is 0 Å². The van der Waals surface area contributed by atoms with Crippen LogP contribution in [0.15, 0.2) is 30.5 Å². The molecule has 0 N–H and O–H groups in total. The molecule has 0 radical (unpaired) electrons. The first kappa shape index (κ1) is 18.2. The third kappa shape index (κ3) is 4.53. The average molecular weight is 358 g/mol. The average Bonchev–Trinajstić information content (AvgIpc) is 2.61. The van der Waals surface area contributed by atoms with Crippen LogP contribution in [0.3, 0.4) is 0 Å². The Bertz CT molecular complexity index is 766. The predicted molar refractivity (Wildman–Crippen MR) is 95.0 cm³/mol. The van der Waals surface area contributed by atoms with Crippen LogP contribution in [0.4, 0.5) is 9.18 Å². The maximum atomic E-state index is 13.1. The molecular formula is C19H23FN4O2. The molecule has 2 aromatic rings. The molecule has 6 nitrogen and oxygen atoms in total. The van der Waals surface area contributed by atoms with Crippen LogP contribution >= 0.6 is 0 Å². The third-order valence-electron chi connectivity index (χ3n) is 4.23. The molecule has 1 aromatic carbocycles. The van der Waals surface area contributed by atoms with E-state index >= 15 is 0 Å². The highest BCUT2D eigenvalue weighted by Crippen LogP contribution is 2.27. The summed E-state index contributed by atoms with van der Waals surface area (Å²) >= 11 is 0. The van der Waals surface area contributed by atoms with Crippen molar-refractivity contribution in [2.45, 2.75) is 45.1 Å². The lowest BCUT2D eigenvalue weighted by Crippen LogP contribution is -2.41. The van der Waals surface area contributed by atoms with Crippen molar-refractivity contribution < 1.29 is 13.9 Å². The van der Waals surface area contributed by atoms with E-state index in [1.807, 2.05) is 20.8 Å². The molecule has 1 aliphatic heterocycles. The Morgan fingerprint density at radius 1 is 1.19 bits per heavy atom. The van der Waals surface area contributed by atoms with Crippen LogP contribution in [-0.2, 0) is 4.74 Å². The van der Waals surface area contributed by atoms with Crippen molar-refractivity contribution in [2.75, 3.05) is 13.1 Å². The van der Waals surface area contributed by atoms with Crippen molar-refractivity contribution in [1.82, 2.24) is 20.1 Å². The van der Waals surface area contributed by atoms with Crippen LogP contribution in [0.2, 0.25) is 0 Å². The zero-order valence-electron chi connectivity index (χ0n) is 15.3. The zero-order chi connectivity index (χ0) is 18.7. The van der Waals surface area contributed by atoms with Crippen LogP contribution in [-0.4, -0.2) is 44.9 Å². The number of likely N-dealkylation sites (tertiary alicyclic amines) is 1. The molecule has 0 saturated carbocycles. The van der Waals surface area contributed by atoms with Crippen molar-refractivity contribution >= 4 is 6.09 Å². The molecule has 26 heavy (non-hydrogen) atoms. The monoisotopic (exact) mass is 358 g/mol. The molecule has 1 aliphatic rings. The van der Waals surface area contributed by atoms with Gasteiger partial charge in [0.25, 0.3) is 0 Å². The van der Waals surface area contributed by atoms with Gasteiger partial charge in [-0.2, -0.15) is 5.10 Å². The maximum absolute atomic E-state index is 13.1. The second-order valence-electron chi connectivity index (χ2n) is 7.45. The van der Waals surface area contributed by atoms with Crippen LogP contribution in [0, 0.1) is 5.82 Å². The van der Waals surface area contributed by atoms with Gasteiger partial charge >= 0.3 is 6.09 Å². The number of piperidine rings is 1. The van der Waals surface area contributed by atoms with Gasteiger partial charge in [0.15, 0.2) is 5.82 Å². The van der Waals surface area contributed by atoms with Crippen molar-refractivity contribution in [3.63, 3.8) is 0 Å². The number of halogens is 1. The number of amides is 1. The summed E-state index contributed by atoms with van der Waals surface area (Å²) in [6, 6.07) is 6.15. The minimum Gasteiger partial charge on any atom is -0.444 e. The van der Waals surface area contributed by atoms with Crippen molar-refractivity contribution in [3.05, 3.63) is 42.1 Å². The molecule has 0 bridgehead atoms. The molecular weight excluding hydrogens is 335 g/mol. The van der Waals surface area contributed by atoms with Gasteiger partial charge in [-0.25, -0.2) is 14.2 Å². The van der Waals surface area contributed by atoms with E-state index < -0.39 is 5.60 Å². The smallest absolute Gasteiger partial charge is 0.410 e. The number of hydrogen-bond donors (Lipinski definition) is 0. The topological polar surface area (TPSA) is 68.2 Å². The molecule has 1 aromatic heterocycles. The van der Waals surface area contributed by atoms with Gasteiger partial charge in [-0.1, -0.05) is 0 Å². The summed E-state index contributed by atoms with van der Waals surface area (Å²) < 4.78 is 18.5. The number of carbonyl (C=O) groups excluding carboxylic acids is 1. The van der Waals surface area contributed by atoms with Gasteiger partial charge in [0.1, 0.15) is 11.4 Å². The normalized spacial score (nSPS) is 15.8. The Hall–Kier alpha value is -2.57. The first-order chi connectivity index (χ1) is 12.3. The minimum absolute atomic E-state index is 0.140. The fourth-order valence-electron chi connectivity index (χ4n) is 2.90. The van der Waals surface area contributed by atoms with Crippen LogP contribution in [0.5, 0.6) is 0 Å². The molecule has 0 spiro atoms. The van der Waals surface area contributed by atoms with E-state index in [0.717, 1.165) is 18.4 Å². The number of carbonyl (C=O) groups is 1. The van der Waals surface area contributed by atoms with Gasteiger partial charge in [-0.3, -0.25) is 0 Å². The molecule has 0 aliphatic carbocycles.